The number of rotatable bonds is 4. The summed E-state index contributed by atoms with van der Waals surface area (Å²) in [4.78, 5) is 6.29. The Bertz CT molecular complexity index is 541. The van der Waals surface area contributed by atoms with Gasteiger partial charge in [0.05, 0.1) is 17.6 Å². The van der Waals surface area contributed by atoms with E-state index >= 15 is 0 Å². The van der Waals surface area contributed by atoms with E-state index in [9.17, 15) is 0 Å². The van der Waals surface area contributed by atoms with E-state index < -0.39 is 0 Å². The zero-order valence-electron chi connectivity index (χ0n) is 12.1. The summed E-state index contributed by atoms with van der Waals surface area (Å²) < 4.78 is 0. The molecule has 0 aliphatic rings. The van der Waals surface area contributed by atoms with E-state index in [0.29, 0.717) is 0 Å². The fraction of sp³-hybridized carbons (Fsp3) is 0.312. The lowest BCUT2D eigenvalue weighted by Gasteiger charge is -2.19. The topological polar surface area (TPSA) is 28.2 Å². The quantitative estimate of drug-likeness (QED) is 0.907. The number of aromatic nitrogens is 1. The fourth-order valence-electron chi connectivity index (χ4n) is 2.22. The van der Waals surface area contributed by atoms with Crippen molar-refractivity contribution in [1.82, 2.24) is 4.98 Å². The highest BCUT2D eigenvalue weighted by atomic mass is 15.1. The summed E-state index contributed by atoms with van der Waals surface area (Å²) >= 11 is 0. The van der Waals surface area contributed by atoms with Gasteiger partial charge in [0.15, 0.2) is 0 Å². The molecule has 0 spiro atoms. The molecule has 3 heteroatoms. The van der Waals surface area contributed by atoms with Crippen molar-refractivity contribution >= 4 is 11.4 Å². The summed E-state index contributed by atoms with van der Waals surface area (Å²) in [6.07, 6.45) is 3.70. The molecule has 0 amide bonds. The Labute approximate surface area is 115 Å². The Morgan fingerprint density at radius 2 is 1.79 bits per heavy atom. The molecular formula is C16H21N3. The molecule has 1 heterocycles. The highest BCUT2D eigenvalue weighted by Gasteiger charge is 2.06. The number of hydrogen-bond acceptors (Lipinski definition) is 3. The molecule has 100 valence electrons. The number of aryl methyl sites for hydroxylation is 2. The van der Waals surface area contributed by atoms with Crippen LogP contribution >= 0.6 is 0 Å². The van der Waals surface area contributed by atoms with Gasteiger partial charge >= 0.3 is 0 Å². The van der Waals surface area contributed by atoms with Gasteiger partial charge in [-0.15, -0.1) is 0 Å². The normalized spacial score (nSPS) is 10.3. The van der Waals surface area contributed by atoms with Gasteiger partial charge in [0.2, 0.25) is 0 Å². The van der Waals surface area contributed by atoms with Gasteiger partial charge in [-0.2, -0.15) is 0 Å². The molecule has 19 heavy (non-hydrogen) atoms. The van der Waals surface area contributed by atoms with Crippen molar-refractivity contribution in [1.29, 1.82) is 0 Å². The highest BCUT2D eigenvalue weighted by Crippen LogP contribution is 2.23. The first kappa shape index (κ1) is 13.4. The van der Waals surface area contributed by atoms with Crippen LogP contribution in [0, 0.1) is 13.8 Å². The van der Waals surface area contributed by atoms with Gasteiger partial charge in [-0.25, -0.2) is 0 Å². The first-order chi connectivity index (χ1) is 9.09. The lowest BCUT2D eigenvalue weighted by Crippen LogP contribution is -2.13. The second kappa shape index (κ2) is 5.74. The van der Waals surface area contributed by atoms with Crippen molar-refractivity contribution in [3.8, 4) is 0 Å². The minimum absolute atomic E-state index is 0.824. The molecule has 3 nitrogen and oxygen atoms in total. The maximum atomic E-state index is 4.20. The van der Waals surface area contributed by atoms with Crippen LogP contribution in [0.4, 0.5) is 11.4 Å². The molecule has 1 aromatic carbocycles. The molecule has 0 radical (unpaired) electrons. The second-order valence-corrected chi connectivity index (χ2v) is 5.01. The molecule has 0 bridgehead atoms. The number of pyridine rings is 1. The summed E-state index contributed by atoms with van der Waals surface area (Å²) in [5, 5.41) is 3.49. The zero-order valence-corrected chi connectivity index (χ0v) is 12.1. The first-order valence-corrected chi connectivity index (χ1v) is 6.50. The van der Waals surface area contributed by atoms with E-state index in [4.69, 9.17) is 0 Å². The minimum atomic E-state index is 0.824. The molecule has 2 rings (SSSR count). The Morgan fingerprint density at radius 3 is 2.42 bits per heavy atom. The van der Waals surface area contributed by atoms with Crippen molar-refractivity contribution in [2.75, 3.05) is 24.3 Å². The molecule has 0 aliphatic carbocycles. The van der Waals surface area contributed by atoms with Gasteiger partial charge in [-0.1, -0.05) is 18.2 Å². The SMILES string of the molecule is Cc1cccc(C)c1CNc1cnccc1N(C)C. The predicted octanol–water partition coefficient (Wildman–Crippen LogP) is 3.38. The molecular weight excluding hydrogens is 234 g/mol. The predicted molar refractivity (Wildman–Crippen MR) is 81.8 cm³/mol. The van der Waals surface area contributed by atoms with Crippen LogP contribution in [0.5, 0.6) is 0 Å². The van der Waals surface area contributed by atoms with Crippen LogP contribution in [0.2, 0.25) is 0 Å². The van der Waals surface area contributed by atoms with Gasteiger partial charge in [0.1, 0.15) is 0 Å². The standard InChI is InChI=1S/C16H21N3/c1-12-6-5-7-13(2)14(12)10-18-15-11-17-9-8-16(15)19(3)4/h5-9,11,18H,10H2,1-4H3. The third-order valence-corrected chi connectivity index (χ3v) is 3.38. The largest absolute Gasteiger partial charge is 0.378 e. The molecule has 0 saturated heterocycles. The second-order valence-electron chi connectivity index (χ2n) is 5.01. The van der Waals surface area contributed by atoms with E-state index in [1.54, 1.807) is 0 Å². The molecule has 0 atom stereocenters. The average Bonchev–Trinajstić information content (AvgIpc) is 2.38. The first-order valence-electron chi connectivity index (χ1n) is 6.50. The lowest BCUT2D eigenvalue weighted by atomic mass is 10.0. The van der Waals surface area contributed by atoms with Crippen LogP contribution in [0.1, 0.15) is 16.7 Å². The van der Waals surface area contributed by atoms with Crippen LogP contribution in [-0.2, 0) is 6.54 Å². The van der Waals surface area contributed by atoms with Crippen molar-refractivity contribution in [3.63, 3.8) is 0 Å². The van der Waals surface area contributed by atoms with Gasteiger partial charge in [-0.3, -0.25) is 4.98 Å². The minimum Gasteiger partial charge on any atom is -0.378 e. The summed E-state index contributed by atoms with van der Waals surface area (Å²) in [6, 6.07) is 8.43. The van der Waals surface area contributed by atoms with Gasteiger partial charge in [0, 0.05) is 26.8 Å². The Morgan fingerprint density at radius 1 is 1.11 bits per heavy atom. The molecule has 0 unspecified atom stereocenters. The summed E-state index contributed by atoms with van der Waals surface area (Å²) in [6.45, 7) is 5.13. The number of nitrogens with zero attached hydrogens (tertiary/aromatic N) is 2. The van der Waals surface area contributed by atoms with Crippen LogP contribution < -0.4 is 10.2 Å². The van der Waals surface area contributed by atoms with Crippen molar-refractivity contribution in [2.45, 2.75) is 20.4 Å². The smallest absolute Gasteiger partial charge is 0.0766 e. The van der Waals surface area contributed by atoms with E-state index in [1.165, 1.54) is 16.7 Å². The molecule has 1 aromatic heterocycles. The number of hydrogen-bond donors (Lipinski definition) is 1. The van der Waals surface area contributed by atoms with Crippen LogP contribution in [0.15, 0.2) is 36.7 Å². The zero-order chi connectivity index (χ0) is 13.8. The van der Waals surface area contributed by atoms with E-state index in [1.807, 2.05) is 32.6 Å². The van der Waals surface area contributed by atoms with Crippen LogP contribution in [0.25, 0.3) is 0 Å². The van der Waals surface area contributed by atoms with Crippen molar-refractivity contribution in [2.24, 2.45) is 0 Å². The summed E-state index contributed by atoms with van der Waals surface area (Å²) in [7, 11) is 4.08. The molecule has 1 N–H and O–H groups in total. The maximum Gasteiger partial charge on any atom is 0.0766 e. The fourth-order valence-corrected chi connectivity index (χ4v) is 2.22. The average molecular weight is 255 g/mol. The van der Waals surface area contributed by atoms with Crippen LogP contribution in [-0.4, -0.2) is 19.1 Å². The van der Waals surface area contributed by atoms with Crippen molar-refractivity contribution < 1.29 is 0 Å². The number of anilines is 2. The lowest BCUT2D eigenvalue weighted by molar-refractivity contribution is 1.06. The summed E-state index contributed by atoms with van der Waals surface area (Å²) in [5.41, 5.74) is 6.22. The maximum absolute atomic E-state index is 4.20. The molecule has 0 saturated carbocycles. The summed E-state index contributed by atoms with van der Waals surface area (Å²) in [5.74, 6) is 0. The van der Waals surface area contributed by atoms with Crippen molar-refractivity contribution in [3.05, 3.63) is 53.3 Å². The molecule has 2 aromatic rings. The highest BCUT2D eigenvalue weighted by molar-refractivity contribution is 5.68. The third kappa shape index (κ3) is 3.05. The molecule has 0 fully saturated rings. The Hall–Kier alpha value is -2.03. The monoisotopic (exact) mass is 255 g/mol. The Balaban J connectivity index is 2.19. The van der Waals surface area contributed by atoms with E-state index in [0.717, 1.165) is 17.9 Å². The van der Waals surface area contributed by atoms with Gasteiger partial charge in [0.25, 0.3) is 0 Å². The number of benzene rings is 1. The van der Waals surface area contributed by atoms with E-state index in [-0.39, 0.29) is 0 Å². The van der Waals surface area contributed by atoms with E-state index in [2.05, 4.69) is 47.2 Å². The van der Waals surface area contributed by atoms with Gasteiger partial charge < -0.3 is 10.2 Å². The third-order valence-electron chi connectivity index (χ3n) is 3.38. The van der Waals surface area contributed by atoms with Crippen LogP contribution in [0.3, 0.4) is 0 Å². The van der Waals surface area contributed by atoms with Gasteiger partial charge in [-0.05, 0) is 36.6 Å². The number of nitrogens with one attached hydrogen (secondary N) is 1. The Kier molecular flexibility index (Phi) is 4.05. The molecule has 0 aliphatic heterocycles.